The minimum atomic E-state index is -0.181. The van der Waals surface area contributed by atoms with Gasteiger partial charge in [-0.2, -0.15) is 0 Å². The number of imidazole rings is 1. The van der Waals surface area contributed by atoms with Crippen LogP contribution in [0.2, 0.25) is 0 Å². The van der Waals surface area contributed by atoms with E-state index in [2.05, 4.69) is 39.9 Å². The Balaban J connectivity index is 1.22. The number of nitrogens with one attached hydrogen (secondary N) is 2. The van der Waals surface area contributed by atoms with Crippen LogP contribution in [0.1, 0.15) is 23.5 Å². The molecule has 0 saturated carbocycles. The number of amides is 2. The molecule has 2 amide bonds. The van der Waals surface area contributed by atoms with E-state index in [1.165, 1.54) is 5.56 Å². The molecule has 1 aliphatic heterocycles. The number of hydrogen-bond acceptors (Lipinski definition) is 3. The Hall–Kier alpha value is -3.12. The van der Waals surface area contributed by atoms with Crippen LogP contribution in [0.15, 0.2) is 73.3 Å². The van der Waals surface area contributed by atoms with E-state index in [4.69, 9.17) is 4.74 Å². The third kappa shape index (κ3) is 4.58. The van der Waals surface area contributed by atoms with Gasteiger partial charge in [-0.15, -0.1) is 0 Å². The van der Waals surface area contributed by atoms with E-state index < -0.39 is 0 Å². The smallest absolute Gasteiger partial charge is 0.315 e. The van der Waals surface area contributed by atoms with Crippen molar-refractivity contribution in [3.8, 4) is 5.69 Å². The molecular formula is C22H24N4O2. The summed E-state index contributed by atoms with van der Waals surface area (Å²) in [4.78, 5) is 16.2. The van der Waals surface area contributed by atoms with E-state index in [0.717, 1.165) is 17.7 Å². The topological polar surface area (TPSA) is 68.2 Å². The van der Waals surface area contributed by atoms with E-state index in [0.29, 0.717) is 25.6 Å². The van der Waals surface area contributed by atoms with Crippen LogP contribution in [0.4, 0.5) is 4.79 Å². The summed E-state index contributed by atoms with van der Waals surface area (Å²) < 4.78 is 7.77. The molecule has 4 rings (SSSR count). The van der Waals surface area contributed by atoms with Gasteiger partial charge in [-0.25, -0.2) is 9.78 Å². The van der Waals surface area contributed by atoms with Gasteiger partial charge in [0.2, 0.25) is 0 Å². The summed E-state index contributed by atoms with van der Waals surface area (Å²) in [6.45, 7) is 1.69. The van der Waals surface area contributed by atoms with Crippen molar-refractivity contribution in [3.05, 3.63) is 84.4 Å². The van der Waals surface area contributed by atoms with E-state index in [1.54, 1.807) is 12.5 Å². The van der Waals surface area contributed by atoms with Gasteiger partial charge in [0.15, 0.2) is 0 Å². The standard InChI is InChI=1S/C22H24N4O2/c27-22(24-13-17-5-4-8-20(11-17)26-10-9-23-16-26)25-14-21-12-19(15-28-21)18-6-2-1-3-7-18/h1-11,16,19,21H,12-15H2,(H2,24,25,27)/t19-,21-/m0/s1. The van der Waals surface area contributed by atoms with Gasteiger partial charge in [-0.3, -0.25) is 0 Å². The molecule has 6 heteroatoms. The van der Waals surface area contributed by atoms with Crippen molar-refractivity contribution in [2.75, 3.05) is 13.2 Å². The minimum absolute atomic E-state index is 0.0560. The molecule has 0 aliphatic carbocycles. The maximum absolute atomic E-state index is 12.1. The number of ether oxygens (including phenoxy) is 1. The van der Waals surface area contributed by atoms with Crippen LogP contribution < -0.4 is 10.6 Å². The fourth-order valence-electron chi connectivity index (χ4n) is 3.50. The van der Waals surface area contributed by atoms with Crippen LogP contribution in [-0.2, 0) is 11.3 Å². The van der Waals surface area contributed by atoms with Crippen molar-refractivity contribution >= 4 is 6.03 Å². The fraction of sp³-hybridized carbons (Fsp3) is 0.273. The lowest BCUT2D eigenvalue weighted by Crippen LogP contribution is -2.39. The largest absolute Gasteiger partial charge is 0.376 e. The zero-order chi connectivity index (χ0) is 19.2. The highest BCUT2D eigenvalue weighted by Crippen LogP contribution is 2.28. The molecule has 2 aromatic carbocycles. The highest BCUT2D eigenvalue weighted by molar-refractivity contribution is 5.73. The summed E-state index contributed by atoms with van der Waals surface area (Å²) >= 11 is 0. The normalized spacial score (nSPS) is 18.7. The summed E-state index contributed by atoms with van der Waals surface area (Å²) in [5, 5.41) is 5.83. The molecule has 2 N–H and O–H groups in total. The zero-order valence-corrected chi connectivity index (χ0v) is 15.6. The molecule has 1 saturated heterocycles. The maximum atomic E-state index is 12.1. The van der Waals surface area contributed by atoms with Crippen molar-refractivity contribution in [1.29, 1.82) is 0 Å². The lowest BCUT2D eigenvalue weighted by molar-refractivity contribution is 0.110. The molecule has 0 radical (unpaired) electrons. The summed E-state index contributed by atoms with van der Waals surface area (Å²) in [6, 6.07) is 18.2. The fourth-order valence-corrected chi connectivity index (χ4v) is 3.50. The Bertz CT molecular complexity index is 896. The van der Waals surface area contributed by atoms with Gasteiger partial charge in [0.05, 0.1) is 19.0 Å². The van der Waals surface area contributed by atoms with Gasteiger partial charge in [0, 0.05) is 37.1 Å². The lowest BCUT2D eigenvalue weighted by Gasteiger charge is -2.13. The second kappa shape index (κ2) is 8.71. The number of carbonyl (C=O) groups is 1. The number of benzene rings is 2. The van der Waals surface area contributed by atoms with E-state index in [1.807, 2.05) is 41.1 Å². The summed E-state index contributed by atoms with van der Waals surface area (Å²) in [7, 11) is 0. The first-order chi connectivity index (χ1) is 13.8. The molecular weight excluding hydrogens is 352 g/mol. The Labute approximate surface area is 164 Å². The summed E-state index contributed by atoms with van der Waals surface area (Å²) in [5.74, 6) is 0.405. The molecule has 1 aliphatic rings. The molecule has 1 aromatic heterocycles. The summed E-state index contributed by atoms with van der Waals surface area (Å²) in [6.07, 6.45) is 6.37. The van der Waals surface area contributed by atoms with E-state index in [-0.39, 0.29) is 12.1 Å². The number of carbonyl (C=O) groups excluding carboxylic acids is 1. The van der Waals surface area contributed by atoms with Gasteiger partial charge >= 0.3 is 6.03 Å². The molecule has 0 bridgehead atoms. The van der Waals surface area contributed by atoms with Gasteiger partial charge in [-0.1, -0.05) is 42.5 Å². The second-order valence-corrected chi connectivity index (χ2v) is 7.00. The number of urea groups is 1. The molecule has 0 spiro atoms. The Morgan fingerprint density at radius 1 is 1.14 bits per heavy atom. The average Bonchev–Trinajstić information content (AvgIpc) is 3.44. The van der Waals surface area contributed by atoms with Crippen molar-refractivity contribution in [2.24, 2.45) is 0 Å². The molecule has 0 unspecified atom stereocenters. The molecule has 1 fully saturated rings. The van der Waals surface area contributed by atoms with Crippen LogP contribution in [0, 0.1) is 0 Å². The highest BCUT2D eigenvalue weighted by atomic mass is 16.5. The molecule has 28 heavy (non-hydrogen) atoms. The highest BCUT2D eigenvalue weighted by Gasteiger charge is 2.26. The van der Waals surface area contributed by atoms with Crippen LogP contribution in [-0.4, -0.2) is 34.8 Å². The molecule has 6 nitrogen and oxygen atoms in total. The first-order valence-corrected chi connectivity index (χ1v) is 9.53. The number of nitrogens with zero attached hydrogens (tertiary/aromatic N) is 2. The van der Waals surface area contributed by atoms with Crippen molar-refractivity contribution in [2.45, 2.75) is 25.0 Å². The van der Waals surface area contributed by atoms with Crippen LogP contribution in [0.5, 0.6) is 0 Å². The van der Waals surface area contributed by atoms with Crippen molar-refractivity contribution in [3.63, 3.8) is 0 Å². The molecule has 2 atom stereocenters. The second-order valence-electron chi connectivity index (χ2n) is 7.00. The Morgan fingerprint density at radius 2 is 2.04 bits per heavy atom. The third-order valence-electron chi connectivity index (χ3n) is 5.01. The first-order valence-electron chi connectivity index (χ1n) is 9.53. The Morgan fingerprint density at radius 3 is 2.86 bits per heavy atom. The predicted octanol–water partition coefficient (Wildman–Crippen LogP) is 3.24. The monoisotopic (exact) mass is 376 g/mol. The predicted molar refractivity (Wildman–Crippen MR) is 107 cm³/mol. The van der Waals surface area contributed by atoms with Gasteiger partial charge in [0.1, 0.15) is 0 Å². The SMILES string of the molecule is O=C(NCc1cccc(-n2ccnc2)c1)NC[C@@H]1C[C@H](c2ccccc2)CO1. The molecule has 2 heterocycles. The first kappa shape index (κ1) is 18.3. The van der Waals surface area contributed by atoms with Crippen molar-refractivity contribution < 1.29 is 9.53 Å². The lowest BCUT2D eigenvalue weighted by atomic mass is 9.96. The number of aromatic nitrogens is 2. The third-order valence-corrected chi connectivity index (χ3v) is 5.01. The van der Waals surface area contributed by atoms with E-state index in [9.17, 15) is 4.79 Å². The van der Waals surface area contributed by atoms with Crippen LogP contribution in [0.25, 0.3) is 5.69 Å². The van der Waals surface area contributed by atoms with Crippen molar-refractivity contribution in [1.82, 2.24) is 20.2 Å². The minimum Gasteiger partial charge on any atom is -0.376 e. The number of rotatable bonds is 6. The molecule has 144 valence electrons. The average molecular weight is 376 g/mol. The van der Waals surface area contributed by atoms with Gasteiger partial charge in [0.25, 0.3) is 0 Å². The molecule has 3 aromatic rings. The van der Waals surface area contributed by atoms with Crippen LogP contribution >= 0.6 is 0 Å². The van der Waals surface area contributed by atoms with E-state index >= 15 is 0 Å². The quantitative estimate of drug-likeness (QED) is 0.694. The Kier molecular flexibility index (Phi) is 5.68. The zero-order valence-electron chi connectivity index (χ0n) is 15.6. The van der Waals surface area contributed by atoms with Crippen LogP contribution in [0.3, 0.4) is 0 Å². The summed E-state index contributed by atoms with van der Waals surface area (Å²) in [5.41, 5.74) is 3.35. The number of hydrogen-bond donors (Lipinski definition) is 2. The van der Waals surface area contributed by atoms with Gasteiger partial charge < -0.3 is 19.9 Å². The van der Waals surface area contributed by atoms with Gasteiger partial charge in [-0.05, 0) is 29.7 Å². The maximum Gasteiger partial charge on any atom is 0.315 e.